The minimum absolute atomic E-state index is 0.0440. The Kier molecular flexibility index (Phi) is 2.49. The molecule has 0 saturated carbocycles. The van der Waals surface area contributed by atoms with Crippen LogP contribution in [0.2, 0.25) is 0 Å². The SMILES string of the molecule is O=C1C(N2C(=O)CCC2=O)SC(=S)N1O. The maximum absolute atomic E-state index is 11.4. The van der Waals surface area contributed by atoms with Crippen LogP contribution in [0.15, 0.2) is 0 Å². The molecule has 1 N–H and O–H groups in total. The average molecular weight is 246 g/mol. The summed E-state index contributed by atoms with van der Waals surface area (Å²) in [5, 5.41) is 8.41. The lowest BCUT2D eigenvalue weighted by Crippen LogP contribution is -2.43. The van der Waals surface area contributed by atoms with E-state index in [9.17, 15) is 14.4 Å². The van der Waals surface area contributed by atoms with E-state index in [0.717, 1.165) is 16.7 Å². The van der Waals surface area contributed by atoms with Crippen LogP contribution >= 0.6 is 24.0 Å². The van der Waals surface area contributed by atoms with Crippen LogP contribution in [0.25, 0.3) is 0 Å². The smallest absolute Gasteiger partial charge is 0.280 e. The van der Waals surface area contributed by atoms with Crippen LogP contribution in [-0.4, -0.2) is 42.6 Å². The number of likely N-dealkylation sites (tertiary alicyclic amines) is 1. The van der Waals surface area contributed by atoms with Crippen LogP contribution in [0.1, 0.15) is 12.8 Å². The van der Waals surface area contributed by atoms with Crippen molar-refractivity contribution in [2.45, 2.75) is 18.2 Å². The fourth-order valence-corrected chi connectivity index (χ4v) is 2.69. The maximum atomic E-state index is 11.4. The van der Waals surface area contributed by atoms with Crippen molar-refractivity contribution in [3.05, 3.63) is 0 Å². The summed E-state index contributed by atoms with van der Waals surface area (Å²) in [6, 6.07) is 0. The Hall–Kier alpha value is -0.990. The second kappa shape index (κ2) is 3.54. The van der Waals surface area contributed by atoms with Gasteiger partial charge < -0.3 is 0 Å². The van der Waals surface area contributed by atoms with E-state index in [4.69, 9.17) is 5.21 Å². The van der Waals surface area contributed by atoms with Gasteiger partial charge in [-0.2, -0.15) is 5.06 Å². The molecule has 0 aromatic carbocycles. The van der Waals surface area contributed by atoms with Crippen molar-refractivity contribution < 1.29 is 19.6 Å². The van der Waals surface area contributed by atoms with Gasteiger partial charge in [-0.15, -0.1) is 0 Å². The van der Waals surface area contributed by atoms with Crippen molar-refractivity contribution in [1.29, 1.82) is 0 Å². The molecule has 1 atom stereocenters. The molecule has 2 fully saturated rings. The van der Waals surface area contributed by atoms with Gasteiger partial charge in [-0.25, -0.2) is 0 Å². The first-order valence-corrected chi connectivity index (χ1v) is 5.39. The van der Waals surface area contributed by atoms with Gasteiger partial charge in [-0.05, 0) is 12.2 Å². The Morgan fingerprint density at radius 3 is 2.20 bits per heavy atom. The maximum Gasteiger partial charge on any atom is 0.286 e. The molecule has 6 nitrogen and oxygen atoms in total. The number of carbonyl (C=O) groups is 3. The lowest BCUT2D eigenvalue weighted by molar-refractivity contribution is -0.155. The summed E-state index contributed by atoms with van der Waals surface area (Å²) in [4.78, 5) is 34.9. The van der Waals surface area contributed by atoms with Crippen LogP contribution in [0.5, 0.6) is 0 Å². The Labute approximate surface area is 94.2 Å². The van der Waals surface area contributed by atoms with Crippen molar-refractivity contribution in [3.63, 3.8) is 0 Å². The van der Waals surface area contributed by atoms with E-state index in [1.54, 1.807) is 0 Å². The Morgan fingerprint density at radius 1 is 1.27 bits per heavy atom. The summed E-state index contributed by atoms with van der Waals surface area (Å²) in [5.74, 6) is -1.54. The summed E-state index contributed by atoms with van der Waals surface area (Å²) < 4.78 is -0.0440. The number of thiocarbonyl (C=S) groups is 1. The molecule has 3 amide bonds. The van der Waals surface area contributed by atoms with Crippen LogP contribution in [-0.2, 0) is 14.4 Å². The first-order valence-electron chi connectivity index (χ1n) is 4.10. The molecule has 0 aromatic heterocycles. The predicted molar refractivity (Wildman–Crippen MR) is 53.7 cm³/mol. The van der Waals surface area contributed by atoms with Crippen LogP contribution in [0.4, 0.5) is 0 Å². The lowest BCUT2D eigenvalue weighted by atomic mass is 10.4. The zero-order valence-electron chi connectivity index (χ0n) is 7.37. The zero-order valence-corrected chi connectivity index (χ0v) is 9.01. The summed E-state index contributed by atoms with van der Waals surface area (Å²) in [6.45, 7) is 0. The van der Waals surface area contributed by atoms with Gasteiger partial charge in [0.1, 0.15) is 0 Å². The van der Waals surface area contributed by atoms with Crippen molar-refractivity contribution in [2.24, 2.45) is 0 Å². The second-order valence-electron chi connectivity index (χ2n) is 3.04. The number of hydrogen-bond acceptors (Lipinski definition) is 6. The van der Waals surface area contributed by atoms with Gasteiger partial charge in [-0.1, -0.05) is 11.8 Å². The highest BCUT2D eigenvalue weighted by Gasteiger charge is 2.46. The average Bonchev–Trinajstić information content (AvgIpc) is 2.63. The molecule has 0 radical (unpaired) electrons. The molecule has 2 aliphatic heterocycles. The summed E-state index contributed by atoms with van der Waals surface area (Å²) in [7, 11) is 0. The normalized spacial score (nSPS) is 27.1. The highest BCUT2D eigenvalue weighted by atomic mass is 32.2. The van der Waals surface area contributed by atoms with Gasteiger partial charge in [0, 0.05) is 12.8 Å². The van der Waals surface area contributed by atoms with E-state index in [-0.39, 0.29) is 17.2 Å². The predicted octanol–water partition coefficient (Wildman–Crippen LogP) is -0.289. The summed E-state index contributed by atoms with van der Waals surface area (Å²) >= 11 is 5.51. The van der Waals surface area contributed by atoms with E-state index >= 15 is 0 Å². The van der Waals surface area contributed by atoms with Crippen LogP contribution < -0.4 is 0 Å². The number of thioether (sulfide) groups is 1. The summed E-state index contributed by atoms with van der Waals surface area (Å²) in [6.07, 6.45) is 0.225. The van der Waals surface area contributed by atoms with Gasteiger partial charge >= 0.3 is 0 Å². The first kappa shape index (κ1) is 10.5. The standard InChI is InChI=1S/C7H6N2O4S2/c10-3-1-2-4(11)8(3)6-5(12)9(13)7(14)15-6/h6,13H,1-2H2. The molecule has 8 heteroatoms. The molecule has 2 saturated heterocycles. The first-order chi connectivity index (χ1) is 7.02. The fourth-order valence-electron chi connectivity index (χ4n) is 1.41. The second-order valence-corrected chi connectivity index (χ2v) is 4.76. The number of hydroxylamine groups is 2. The van der Waals surface area contributed by atoms with Crippen molar-refractivity contribution >= 4 is 46.0 Å². The number of rotatable bonds is 1. The number of nitrogens with zero attached hydrogens (tertiary/aromatic N) is 2. The molecule has 80 valence electrons. The third-order valence-electron chi connectivity index (χ3n) is 2.13. The third-order valence-corrected chi connectivity index (χ3v) is 3.60. The molecule has 0 aromatic rings. The molecule has 2 aliphatic rings. The van der Waals surface area contributed by atoms with Crippen LogP contribution in [0, 0.1) is 0 Å². The van der Waals surface area contributed by atoms with Gasteiger partial charge in [0.15, 0.2) is 9.69 Å². The van der Waals surface area contributed by atoms with Crippen molar-refractivity contribution in [1.82, 2.24) is 9.96 Å². The van der Waals surface area contributed by atoms with E-state index in [1.807, 2.05) is 0 Å². The molecule has 0 spiro atoms. The quantitative estimate of drug-likeness (QED) is 0.389. The van der Waals surface area contributed by atoms with Crippen molar-refractivity contribution in [3.8, 4) is 0 Å². The van der Waals surface area contributed by atoms with Crippen molar-refractivity contribution in [2.75, 3.05) is 0 Å². The highest BCUT2D eigenvalue weighted by molar-refractivity contribution is 8.24. The van der Waals surface area contributed by atoms with E-state index in [1.165, 1.54) is 0 Å². The van der Waals surface area contributed by atoms with Gasteiger partial charge in [0.25, 0.3) is 5.91 Å². The molecular weight excluding hydrogens is 240 g/mol. The lowest BCUT2D eigenvalue weighted by Gasteiger charge is -2.17. The topological polar surface area (TPSA) is 77.9 Å². The molecule has 0 bridgehead atoms. The Balaban J connectivity index is 2.25. The molecular formula is C7H6N2O4S2. The Morgan fingerprint density at radius 2 is 1.80 bits per heavy atom. The molecule has 2 heterocycles. The minimum atomic E-state index is -1.02. The minimum Gasteiger partial charge on any atom is -0.280 e. The Bertz CT molecular complexity index is 367. The molecule has 1 unspecified atom stereocenters. The van der Waals surface area contributed by atoms with Gasteiger partial charge in [-0.3, -0.25) is 24.5 Å². The van der Waals surface area contributed by atoms with Gasteiger partial charge in [0.05, 0.1) is 0 Å². The highest BCUT2D eigenvalue weighted by Crippen LogP contribution is 2.31. The van der Waals surface area contributed by atoms with E-state index in [0.29, 0.717) is 5.06 Å². The zero-order chi connectivity index (χ0) is 11.2. The third kappa shape index (κ3) is 1.54. The van der Waals surface area contributed by atoms with E-state index < -0.39 is 23.1 Å². The summed E-state index contributed by atoms with van der Waals surface area (Å²) in [5.41, 5.74) is 0. The van der Waals surface area contributed by atoms with Gasteiger partial charge in [0.2, 0.25) is 11.8 Å². The molecule has 2 rings (SSSR count). The number of amides is 3. The molecule has 15 heavy (non-hydrogen) atoms. The molecule has 0 aliphatic carbocycles. The number of imide groups is 1. The largest absolute Gasteiger partial charge is 0.286 e. The monoisotopic (exact) mass is 246 g/mol. The fraction of sp³-hybridized carbons (Fsp3) is 0.429. The number of carbonyl (C=O) groups excluding carboxylic acids is 3. The number of hydrogen-bond donors (Lipinski definition) is 1. The van der Waals surface area contributed by atoms with E-state index in [2.05, 4.69) is 12.2 Å². The van der Waals surface area contributed by atoms with Crippen LogP contribution in [0.3, 0.4) is 0 Å².